The second kappa shape index (κ2) is 7.36. The van der Waals surface area contributed by atoms with E-state index in [1.165, 1.54) is 4.90 Å². The molecule has 4 nitrogen and oxygen atoms in total. The van der Waals surface area contributed by atoms with Crippen molar-refractivity contribution in [2.24, 2.45) is 0 Å². The molecule has 0 unspecified atom stereocenters. The van der Waals surface area contributed by atoms with Crippen LogP contribution < -0.4 is 5.32 Å². The molecule has 0 aliphatic heterocycles. The van der Waals surface area contributed by atoms with Gasteiger partial charge in [-0.15, -0.1) is 11.8 Å². The van der Waals surface area contributed by atoms with Gasteiger partial charge in [0.25, 0.3) is 5.91 Å². The third-order valence-corrected chi connectivity index (χ3v) is 4.43. The highest BCUT2D eigenvalue weighted by Crippen LogP contribution is 2.22. The Morgan fingerprint density at radius 3 is 2.50 bits per heavy atom. The van der Waals surface area contributed by atoms with E-state index in [-0.39, 0.29) is 5.91 Å². The van der Waals surface area contributed by atoms with Gasteiger partial charge in [0, 0.05) is 22.1 Å². The van der Waals surface area contributed by atoms with Crippen molar-refractivity contribution in [2.45, 2.75) is 18.4 Å². The number of amides is 1. The largest absolute Gasteiger partial charge is 0.359 e. The van der Waals surface area contributed by atoms with E-state index in [0.29, 0.717) is 17.9 Å². The van der Waals surface area contributed by atoms with E-state index in [9.17, 15) is 4.79 Å². The lowest BCUT2D eigenvalue weighted by molar-refractivity contribution is 0.0947. The normalized spacial score (nSPS) is 10.6. The molecule has 1 heterocycles. The Balaban J connectivity index is 1.63. The number of thioether (sulfide) groups is 1. The van der Waals surface area contributed by atoms with E-state index in [4.69, 9.17) is 4.52 Å². The SMILES string of the molecule is CSc1ccc(-c2cc(CNC(=O)c3ccc(C)cc3)on2)cc1. The molecule has 0 atom stereocenters. The zero-order valence-electron chi connectivity index (χ0n) is 13.6. The molecular weight excluding hydrogens is 320 g/mol. The number of rotatable bonds is 5. The van der Waals surface area contributed by atoms with Crippen molar-refractivity contribution in [3.8, 4) is 11.3 Å². The summed E-state index contributed by atoms with van der Waals surface area (Å²) in [4.78, 5) is 13.3. The summed E-state index contributed by atoms with van der Waals surface area (Å²) in [6, 6.07) is 17.4. The molecule has 1 aromatic heterocycles. The minimum absolute atomic E-state index is 0.128. The lowest BCUT2D eigenvalue weighted by Gasteiger charge is -2.03. The first kappa shape index (κ1) is 16.3. The zero-order valence-corrected chi connectivity index (χ0v) is 14.4. The van der Waals surface area contributed by atoms with Gasteiger partial charge in [-0.2, -0.15) is 0 Å². The number of aromatic nitrogens is 1. The van der Waals surface area contributed by atoms with Crippen molar-refractivity contribution in [2.75, 3.05) is 6.26 Å². The monoisotopic (exact) mass is 338 g/mol. The summed E-state index contributed by atoms with van der Waals surface area (Å²) >= 11 is 1.70. The van der Waals surface area contributed by atoms with Gasteiger partial charge in [0.2, 0.25) is 0 Å². The van der Waals surface area contributed by atoms with Crippen molar-refractivity contribution in [3.05, 3.63) is 71.5 Å². The minimum atomic E-state index is -0.128. The molecule has 3 rings (SSSR count). The van der Waals surface area contributed by atoms with Gasteiger partial charge in [0.15, 0.2) is 5.76 Å². The molecule has 24 heavy (non-hydrogen) atoms. The standard InChI is InChI=1S/C19H18N2O2S/c1-13-3-5-15(6-4-13)19(22)20-12-16-11-18(21-23-16)14-7-9-17(24-2)10-8-14/h3-11H,12H2,1-2H3,(H,20,22). The molecule has 0 bridgehead atoms. The average molecular weight is 338 g/mol. The van der Waals surface area contributed by atoms with Crippen molar-refractivity contribution >= 4 is 17.7 Å². The second-order valence-electron chi connectivity index (χ2n) is 5.46. The van der Waals surface area contributed by atoms with Gasteiger partial charge < -0.3 is 9.84 Å². The van der Waals surface area contributed by atoms with E-state index < -0.39 is 0 Å². The summed E-state index contributed by atoms with van der Waals surface area (Å²) in [7, 11) is 0. The van der Waals surface area contributed by atoms with E-state index in [0.717, 1.165) is 16.8 Å². The molecule has 122 valence electrons. The highest BCUT2D eigenvalue weighted by Gasteiger charge is 2.09. The van der Waals surface area contributed by atoms with Crippen LogP contribution in [0, 0.1) is 6.92 Å². The Morgan fingerprint density at radius 1 is 1.12 bits per heavy atom. The van der Waals surface area contributed by atoms with Gasteiger partial charge in [-0.3, -0.25) is 4.79 Å². The van der Waals surface area contributed by atoms with E-state index in [1.807, 2.05) is 67.8 Å². The summed E-state index contributed by atoms with van der Waals surface area (Å²) in [6.07, 6.45) is 2.04. The first-order valence-electron chi connectivity index (χ1n) is 7.60. The molecule has 0 fully saturated rings. The van der Waals surface area contributed by atoms with Crippen LogP contribution >= 0.6 is 11.8 Å². The lowest BCUT2D eigenvalue weighted by atomic mass is 10.1. The molecular formula is C19H18N2O2S. The van der Waals surface area contributed by atoms with Crippen molar-refractivity contribution in [1.82, 2.24) is 10.5 Å². The number of nitrogens with one attached hydrogen (secondary N) is 1. The zero-order chi connectivity index (χ0) is 16.9. The molecule has 0 saturated carbocycles. The molecule has 0 aliphatic carbocycles. The maximum atomic E-state index is 12.1. The highest BCUT2D eigenvalue weighted by molar-refractivity contribution is 7.98. The first-order valence-corrected chi connectivity index (χ1v) is 8.83. The van der Waals surface area contributed by atoms with E-state index in [2.05, 4.69) is 10.5 Å². The fraction of sp³-hybridized carbons (Fsp3) is 0.158. The van der Waals surface area contributed by atoms with Crippen LogP contribution in [0.4, 0.5) is 0 Å². The Labute approximate surface area is 145 Å². The molecule has 0 spiro atoms. The average Bonchev–Trinajstić information content (AvgIpc) is 3.09. The van der Waals surface area contributed by atoms with Gasteiger partial charge in [-0.1, -0.05) is 35.0 Å². The van der Waals surface area contributed by atoms with Crippen LogP contribution in [0.3, 0.4) is 0 Å². The maximum absolute atomic E-state index is 12.1. The molecule has 3 aromatic rings. The van der Waals surface area contributed by atoms with Crippen LogP contribution in [0.1, 0.15) is 21.7 Å². The number of carbonyl (C=O) groups excluding carboxylic acids is 1. The Hall–Kier alpha value is -2.53. The molecule has 0 aliphatic rings. The fourth-order valence-electron chi connectivity index (χ4n) is 2.27. The summed E-state index contributed by atoms with van der Waals surface area (Å²) in [5, 5.41) is 6.91. The molecule has 1 amide bonds. The lowest BCUT2D eigenvalue weighted by Crippen LogP contribution is -2.22. The second-order valence-corrected chi connectivity index (χ2v) is 6.34. The van der Waals surface area contributed by atoms with Gasteiger partial charge in [0.05, 0.1) is 6.54 Å². The van der Waals surface area contributed by atoms with Crippen LogP contribution in [0.25, 0.3) is 11.3 Å². The van der Waals surface area contributed by atoms with Crippen LogP contribution in [0.15, 0.2) is 64.0 Å². The number of aryl methyl sites for hydroxylation is 1. The van der Waals surface area contributed by atoms with Crippen LogP contribution in [0.5, 0.6) is 0 Å². The van der Waals surface area contributed by atoms with Crippen LogP contribution in [-0.2, 0) is 6.54 Å². The Bertz CT molecular complexity index is 823. The fourth-order valence-corrected chi connectivity index (χ4v) is 2.68. The Morgan fingerprint density at radius 2 is 1.83 bits per heavy atom. The molecule has 0 radical (unpaired) electrons. The number of hydrogen-bond acceptors (Lipinski definition) is 4. The van der Waals surface area contributed by atoms with Gasteiger partial charge in [-0.05, 0) is 37.4 Å². The number of nitrogens with zero attached hydrogens (tertiary/aromatic N) is 1. The molecule has 1 N–H and O–H groups in total. The summed E-state index contributed by atoms with van der Waals surface area (Å²) < 4.78 is 5.31. The third-order valence-electron chi connectivity index (χ3n) is 3.68. The molecule has 0 saturated heterocycles. The van der Waals surface area contributed by atoms with Gasteiger partial charge >= 0.3 is 0 Å². The van der Waals surface area contributed by atoms with E-state index in [1.54, 1.807) is 11.8 Å². The Kier molecular flexibility index (Phi) is 5.01. The first-order chi connectivity index (χ1) is 11.7. The quantitative estimate of drug-likeness (QED) is 0.705. The highest BCUT2D eigenvalue weighted by atomic mass is 32.2. The minimum Gasteiger partial charge on any atom is -0.359 e. The van der Waals surface area contributed by atoms with Crippen LogP contribution in [-0.4, -0.2) is 17.3 Å². The van der Waals surface area contributed by atoms with Crippen molar-refractivity contribution < 1.29 is 9.32 Å². The molecule has 5 heteroatoms. The predicted molar refractivity (Wildman–Crippen MR) is 96.1 cm³/mol. The van der Waals surface area contributed by atoms with Gasteiger partial charge in [0.1, 0.15) is 5.69 Å². The smallest absolute Gasteiger partial charge is 0.251 e. The van der Waals surface area contributed by atoms with Crippen molar-refractivity contribution in [3.63, 3.8) is 0 Å². The number of carbonyl (C=O) groups is 1. The summed E-state index contributed by atoms with van der Waals surface area (Å²) in [6.45, 7) is 2.30. The van der Waals surface area contributed by atoms with Crippen molar-refractivity contribution in [1.29, 1.82) is 0 Å². The van der Waals surface area contributed by atoms with E-state index >= 15 is 0 Å². The number of hydrogen-bond donors (Lipinski definition) is 1. The topological polar surface area (TPSA) is 55.1 Å². The number of benzene rings is 2. The summed E-state index contributed by atoms with van der Waals surface area (Å²) in [5.74, 6) is 0.497. The van der Waals surface area contributed by atoms with Gasteiger partial charge in [-0.25, -0.2) is 0 Å². The predicted octanol–water partition coefficient (Wildman–Crippen LogP) is 4.30. The maximum Gasteiger partial charge on any atom is 0.251 e. The summed E-state index contributed by atoms with van der Waals surface area (Å²) in [5.41, 5.74) is 3.52. The third kappa shape index (κ3) is 3.86. The van der Waals surface area contributed by atoms with Crippen LogP contribution in [0.2, 0.25) is 0 Å². The molecule has 2 aromatic carbocycles.